The van der Waals surface area contributed by atoms with Gasteiger partial charge in [-0.1, -0.05) is 0 Å². The molecule has 0 aliphatic carbocycles. The molecule has 98 valence electrons. The van der Waals surface area contributed by atoms with Crippen molar-refractivity contribution in [1.82, 2.24) is 10.0 Å². The van der Waals surface area contributed by atoms with Gasteiger partial charge in [-0.05, 0) is 33.7 Å². The van der Waals surface area contributed by atoms with Gasteiger partial charge < -0.3 is 10.1 Å². The lowest BCUT2D eigenvalue weighted by atomic mass is 10.2. The molecule has 2 N–H and O–H groups in total. The van der Waals surface area contributed by atoms with Crippen LogP contribution in [0.1, 0.15) is 27.2 Å². The fourth-order valence-electron chi connectivity index (χ4n) is 1.12. The maximum atomic E-state index is 11.1. The van der Waals surface area contributed by atoms with Gasteiger partial charge in [-0.25, -0.2) is 13.1 Å². The summed E-state index contributed by atoms with van der Waals surface area (Å²) in [6, 6.07) is 0.271. The van der Waals surface area contributed by atoms with Crippen LogP contribution in [0.3, 0.4) is 0 Å². The second kappa shape index (κ2) is 8.00. The average Bonchev–Trinajstić information content (AvgIpc) is 2.27. The number of methoxy groups -OCH3 is 1. The van der Waals surface area contributed by atoms with Crippen molar-refractivity contribution in [1.29, 1.82) is 0 Å². The van der Waals surface area contributed by atoms with E-state index < -0.39 is 10.0 Å². The van der Waals surface area contributed by atoms with Gasteiger partial charge in [0, 0.05) is 19.7 Å². The molecule has 16 heavy (non-hydrogen) atoms. The topological polar surface area (TPSA) is 67.4 Å². The van der Waals surface area contributed by atoms with Crippen molar-refractivity contribution in [3.05, 3.63) is 0 Å². The van der Waals surface area contributed by atoms with Gasteiger partial charge in [0.1, 0.15) is 0 Å². The fourth-order valence-corrected chi connectivity index (χ4v) is 1.78. The Bertz CT molecular complexity index is 267. The second-order valence-corrected chi connectivity index (χ2v) is 5.93. The molecule has 0 bridgehead atoms. The van der Waals surface area contributed by atoms with Crippen molar-refractivity contribution < 1.29 is 13.2 Å². The molecule has 0 amide bonds. The summed E-state index contributed by atoms with van der Waals surface area (Å²) in [4.78, 5) is 0. The molecule has 5 nitrogen and oxygen atoms in total. The van der Waals surface area contributed by atoms with E-state index in [0.29, 0.717) is 6.54 Å². The van der Waals surface area contributed by atoms with Crippen molar-refractivity contribution in [3.8, 4) is 0 Å². The van der Waals surface area contributed by atoms with Crippen molar-refractivity contribution in [3.63, 3.8) is 0 Å². The first-order valence-electron chi connectivity index (χ1n) is 5.66. The smallest absolute Gasteiger partial charge is 0.211 e. The lowest BCUT2D eigenvalue weighted by Crippen LogP contribution is -2.38. The largest absolute Gasteiger partial charge is 0.380 e. The molecule has 0 aromatic carbocycles. The molecule has 6 heteroatoms. The molecule has 0 fully saturated rings. The molecule has 0 aliphatic heterocycles. The number of hydrogen-bond donors (Lipinski definition) is 2. The van der Waals surface area contributed by atoms with E-state index in [9.17, 15) is 8.42 Å². The molecule has 0 heterocycles. The molecule has 0 aromatic heterocycles. The van der Waals surface area contributed by atoms with Crippen LogP contribution < -0.4 is 10.0 Å². The molecular formula is C10H24N2O3S. The lowest BCUT2D eigenvalue weighted by molar-refractivity contribution is 0.0888. The van der Waals surface area contributed by atoms with Gasteiger partial charge in [0.2, 0.25) is 10.0 Å². The fraction of sp³-hybridized carbons (Fsp3) is 1.00. The van der Waals surface area contributed by atoms with E-state index in [1.807, 2.05) is 13.8 Å². The van der Waals surface area contributed by atoms with Crippen molar-refractivity contribution >= 4 is 10.0 Å². The van der Waals surface area contributed by atoms with Crippen LogP contribution >= 0.6 is 0 Å². The Hall–Kier alpha value is -0.170. The quantitative estimate of drug-likeness (QED) is 0.580. The normalized spacial score (nSPS) is 16.0. The van der Waals surface area contributed by atoms with E-state index in [1.165, 1.54) is 0 Å². The highest BCUT2D eigenvalue weighted by molar-refractivity contribution is 7.89. The summed E-state index contributed by atoms with van der Waals surface area (Å²) in [5, 5.41) is 3.28. The Morgan fingerprint density at radius 1 is 1.25 bits per heavy atom. The zero-order valence-corrected chi connectivity index (χ0v) is 11.4. The zero-order chi connectivity index (χ0) is 12.6. The van der Waals surface area contributed by atoms with Crippen molar-refractivity contribution in [2.24, 2.45) is 0 Å². The first-order valence-corrected chi connectivity index (χ1v) is 7.31. The van der Waals surface area contributed by atoms with Gasteiger partial charge in [-0.3, -0.25) is 0 Å². The van der Waals surface area contributed by atoms with Gasteiger partial charge in [0.05, 0.1) is 11.9 Å². The molecular weight excluding hydrogens is 228 g/mol. The first kappa shape index (κ1) is 15.8. The minimum atomic E-state index is -3.04. The van der Waals surface area contributed by atoms with Crippen LogP contribution in [0.5, 0.6) is 0 Å². The molecule has 2 unspecified atom stereocenters. The molecule has 0 rings (SSSR count). The van der Waals surface area contributed by atoms with Crippen LogP contribution in [0.4, 0.5) is 0 Å². The molecule has 0 aliphatic rings. The van der Waals surface area contributed by atoms with Gasteiger partial charge in [0.25, 0.3) is 0 Å². The molecule has 2 atom stereocenters. The molecule has 0 radical (unpaired) electrons. The predicted molar refractivity (Wildman–Crippen MR) is 66.0 cm³/mol. The lowest BCUT2D eigenvalue weighted by Gasteiger charge is -2.19. The van der Waals surface area contributed by atoms with Crippen molar-refractivity contribution in [2.75, 3.05) is 26.0 Å². The maximum absolute atomic E-state index is 11.1. The third-order valence-electron chi connectivity index (χ3n) is 2.60. The zero-order valence-electron chi connectivity index (χ0n) is 10.6. The van der Waals surface area contributed by atoms with Crippen molar-refractivity contribution in [2.45, 2.75) is 39.3 Å². The van der Waals surface area contributed by atoms with Gasteiger partial charge in [0.15, 0.2) is 0 Å². The Labute approximate surface area is 99.0 Å². The van der Waals surface area contributed by atoms with Gasteiger partial charge in [-0.2, -0.15) is 0 Å². The van der Waals surface area contributed by atoms with Crippen LogP contribution in [0.15, 0.2) is 0 Å². The summed E-state index contributed by atoms with van der Waals surface area (Å²) in [7, 11) is -1.36. The number of ether oxygens (including phenoxy) is 1. The number of sulfonamides is 1. The maximum Gasteiger partial charge on any atom is 0.211 e. The summed E-state index contributed by atoms with van der Waals surface area (Å²) in [5.74, 6) is 0.136. The highest BCUT2D eigenvalue weighted by Gasteiger charge is 2.09. The van der Waals surface area contributed by atoms with Crippen LogP contribution in [0.25, 0.3) is 0 Å². The minimum absolute atomic E-state index is 0.136. The summed E-state index contributed by atoms with van der Waals surface area (Å²) >= 11 is 0. The van der Waals surface area contributed by atoms with E-state index in [2.05, 4.69) is 10.0 Å². The summed E-state index contributed by atoms with van der Waals surface area (Å²) in [5.41, 5.74) is 0. The summed E-state index contributed by atoms with van der Waals surface area (Å²) in [6.45, 7) is 6.93. The van der Waals surface area contributed by atoms with E-state index in [4.69, 9.17) is 4.74 Å². The first-order chi connectivity index (χ1) is 7.43. The third-order valence-corrected chi connectivity index (χ3v) is 4.00. The average molecular weight is 252 g/mol. The number of rotatable bonds is 9. The van der Waals surface area contributed by atoms with Crippen LogP contribution in [-0.2, 0) is 14.8 Å². The van der Waals surface area contributed by atoms with E-state index in [-0.39, 0.29) is 17.9 Å². The standard InChI is InChI=1S/C10H24N2O3S/c1-5-16(13,14)12-8-6-7-11-9(2)10(3)15-4/h9-12H,5-8H2,1-4H3. The monoisotopic (exact) mass is 252 g/mol. The van der Waals surface area contributed by atoms with E-state index >= 15 is 0 Å². The Morgan fingerprint density at radius 3 is 2.38 bits per heavy atom. The van der Waals surface area contributed by atoms with Gasteiger partial charge >= 0.3 is 0 Å². The molecule has 0 saturated carbocycles. The summed E-state index contributed by atoms with van der Waals surface area (Å²) < 4.78 is 29.9. The van der Waals surface area contributed by atoms with Gasteiger partial charge in [-0.15, -0.1) is 0 Å². The number of nitrogens with one attached hydrogen (secondary N) is 2. The van der Waals surface area contributed by atoms with Crippen LogP contribution in [0, 0.1) is 0 Å². The highest BCUT2D eigenvalue weighted by Crippen LogP contribution is 1.95. The third kappa shape index (κ3) is 7.16. The molecule has 0 spiro atoms. The Balaban J connectivity index is 3.55. The Morgan fingerprint density at radius 2 is 1.88 bits per heavy atom. The Kier molecular flexibility index (Phi) is 7.91. The second-order valence-electron chi connectivity index (χ2n) is 3.83. The SMILES string of the molecule is CCS(=O)(=O)NCCCNC(C)C(C)OC. The van der Waals surface area contributed by atoms with E-state index in [0.717, 1.165) is 13.0 Å². The van der Waals surface area contributed by atoms with Crippen LogP contribution in [-0.4, -0.2) is 46.5 Å². The highest BCUT2D eigenvalue weighted by atomic mass is 32.2. The number of hydrogen-bond acceptors (Lipinski definition) is 4. The predicted octanol–water partition coefficient (Wildman–Crippen LogP) is 0.329. The van der Waals surface area contributed by atoms with E-state index in [1.54, 1.807) is 14.0 Å². The minimum Gasteiger partial charge on any atom is -0.380 e. The molecule has 0 aromatic rings. The summed E-state index contributed by atoms with van der Waals surface area (Å²) in [6.07, 6.45) is 0.937. The van der Waals surface area contributed by atoms with Crippen LogP contribution in [0.2, 0.25) is 0 Å². The molecule has 0 saturated heterocycles.